The summed E-state index contributed by atoms with van der Waals surface area (Å²) in [4.78, 5) is 11.9. The van der Waals surface area contributed by atoms with Gasteiger partial charge in [-0.25, -0.2) is 10.6 Å². The molecule has 20 heavy (non-hydrogen) atoms. The molecule has 0 saturated heterocycles. The lowest BCUT2D eigenvalue weighted by atomic mass is 10.2. The van der Waals surface area contributed by atoms with Crippen LogP contribution in [-0.4, -0.2) is 12.6 Å². The van der Waals surface area contributed by atoms with Crippen LogP contribution in [0.1, 0.15) is 13.8 Å². The van der Waals surface area contributed by atoms with Gasteiger partial charge in [-0.15, -0.1) is 0 Å². The van der Waals surface area contributed by atoms with E-state index in [2.05, 4.69) is 31.9 Å². The van der Waals surface area contributed by atoms with Gasteiger partial charge in [-0.1, -0.05) is 0 Å². The second-order valence-corrected chi connectivity index (χ2v) is 5.66. The Bertz CT molecular complexity index is 557. The summed E-state index contributed by atoms with van der Waals surface area (Å²) in [5.74, 6) is 5.37. The molecular formula is C12H16Br2N4O2. The standard InChI is InChI=1S/C12H16Br2N4O2/c1-3-20-12(19)11(6(2)15)18(17)10-5-8(14)7(13)4-9(10)16/h4-5H,3,15-17H2,1-2H3/b11-6+. The third-order valence-electron chi connectivity index (χ3n) is 2.41. The monoisotopic (exact) mass is 406 g/mol. The average Bonchev–Trinajstić information content (AvgIpc) is 2.33. The zero-order chi connectivity index (χ0) is 15.4. The number of rotatable bonds is 4. The van der Waals surface area contributed by atoms with Crippen LogP contribution in [-0.2, 0) is 9.53 Å². The first kappa shape index (κ1) is 16.8. The molecule has 0 aliphatic heterocycles. The van der Waals surface area contributed by atoms with E-state index in [4.69, 9.17) is 22.0 Å². The summed E-state index contributed by atoms with van der Waals surface area (Å²) in [6, 6.07) is 3.36. The second-order valence-electron chi connectivity index (χ2n) is 3.95. The van der Waals surface area contributed by atoms with Gasteiger partial charge in [0.25, 0.3) is 0 Å². The van der Waals surface area contributed by atoms with Gasteiger partial charge in [0.05, 0.1) is 18.0 Å². The molecule has 6 nitrogen and oxygen atoms in total. The molecule has 0 fully saturated rings. The predicted octanol–water partition coefficient (Wildman–Crippen LogP) is 2.23. The van der Waals surface area contributed by atoms with Crippen LogP contribution in [0.5, 0.6) is 0 Å². The van der Waals surface area contributed by atoms with E-state index in [9.17, 15) is 4.79 Å². The van der Waals surface area contributed by atoms with Gasteiger partial charge >= 0.3 is 5.97 Å². The molecule has 0 atom stereocenters. The van der Waals surface area contributed by atoms with Gasteiger partial charge in [0.15, 0.2) is 5.70 Å². The molecule has 1 aromatic rings. The lowest BCUT2D eigenvalue weighted by molar-refractivity contribution is -0.138. The number of nitrogens with zero attached hydrogens (tertiary/aromatic N) is 1. The number of nitrogens with two attached hydrogens (primary N) is 3. The van der Waals surface area contributed by atoms with Gasteiger partial charge in [0.2, 0.25) is 0 Å². The maximum Gasteiger partial charge on any atom is 0.358 e. The van der Waals surface area contributed by atoms with Crippen LogP contribution in [0.15, 0.2) is 32.5 Å². The average molecular weight is 408 g/mol. The smallest absolute Gasteiger partial charge is 0.358 e. The Morgan fingerprint density at radius 3 is 2.40 bits per heavy atom. The summed E-state index contributed by atoms with van der Waals surface area (Å²) in [7, 11) is 0. The van der Waals surface area contributed by atoms with Crippen LogP contribution >= 0.6 is 31.9 Å². The van der Waals surface area contributed by atoms with Crippen molar-refractivity contribution in [3.05, 3.63) is 32.5 Å². The van der Waals surface area contributed by atoms with Crippen molar-refractivity contribution in [3.8, 4) is 0 Å². The van der Waals surface area contributed by atoms with Crippen LogP contribution in [0.2, 0.25) is 0 Å². The van der Waals surface area contributed by atoms with E-state index in [1.54, 1.807) is 26.0 Å². The van der Waals surface area contributed by atoms with Crippen molar-refractivity contribution in [2.45, 2.75) is 13.8 Å². The number of nitrogen functional groups attached to an aromatic ring is 1. The highest BCUT2D eigenvalue weighted by molar-refractivity contribution is 9.13. The summed E-state index contributed by atoms with van der Waals surface area (Å²) in [6.07, 6.45) is 0. The number of hydrogen-bond donors (Lipinski definition) is 3. The molecule has 0 radical (unpaired) electrons. The lowest BCUT2D eigenvalue weighted by Crippen LogP contribution is -2.37. The predicted molar refractivity (Wildman–Crippen MR) is 86.4 cm³/mol. The normalized spacial score (nSPS) is 11.8. The molecule has 0 bridgehead atoms. The summed E-state index contributed by atoms with van der Waals surface area (Å²) in [5, 5.41) is 1.12. The van der Waals surface area contributed by atoms with E-state index in [1.165, 1.54) is 0 Å². The van der Waals surface area contributed by atoms with E-state index in [-0.39, 0.29) is 18.0 Å². The topological polar surface area (TPSA) is 108 Å². The van der Waals surface area contributed by atoms with E-state index in [0.29, 0.717) is 11.4 Å². The number of ether oxygens (including phenoxy) is 1. The highest BCUT2D eigenvalue weighted by Gasteiger charge is 2.22. The zero-order valence-electron chi connectivity index (χ0n) is 11.1. The molecule has 1 aromatic carbocycles. The number of esters is 1. The SMILES string of the molecule is CCOC(=O)/C(=C(/C)N)N(N)c1cc(Br)c(Br)cc1N. The summed E-state index contributed by atoms with van der Waals surface area (Å²) >= 11 is 6.69. The van der Waals surface area contributed by atoms with Crippen molar-refractivity contribution in [3.63, 3.8) is 0 Å². The first-order chi connectivity index (χ1) is 9.29. The molecule has 0 spiro atoms. The molecule has 8 heteroatoms. The van der Waals surface area contributed by atoms with Crippen molar-refractivity contribution < 1.29 is 9.53 Å². The lowest BCUT2D eigenvalue weighted by Gasteiger charge is -2.23. The molecule has 0 aliphatic rings. The molecule has 0 heterocycles. The molecule has 0 amide bonds. The minimum atomic E-state index is -0.603. The Hall–Kier alpha value is -1.25. The highest BCUT2D eigenvalue weighted by atomic mass is 79.9. The largest absolute Gasteiger partial charge is 0.461 e. The summed E-state index contributed by atoms with van der Waals surface area (Å²) < 4.78 is 6.46. The number of allylic oxidation sites excluding steroid dienone is 1. The Balaban J connectivity index is 3.28. The van der Waals surface area contributed by atoms with Crippen molar-refractivity contribution in [1.29, 1.82) is 0 Å². The number of carbonyl (C=O) groups excluding carboxylic acids is 1. The molecular weight excluding hydrogens is 392 g/mol. The Labute approximate surface area is 134 Å². The quantitative estimate of drug-likeness (QED) is 0.232. The van der Waals surface area contributed by atoms with Gasteiger partial charge < -0.3 is 16.2 Å². The number of benzene rings is 1. The van der Waals surface area contributed by atoms with Gasteiger partial charge in [-0.2, -0.15) is 0 Å². The minimum absolute atomic E-state index is 0.0489. The van der Waals surface area contributed by atoms with Crippen LogP contribution < -0.4 is 22.3 Å². The van der Waals surface area contributed by atoms with Crippen molar-refractivity contribution >= 4 is 49.2 Å². The van der Waals surface area contributed by atoms with Crippen LogP contribution in [0.4, 0.5) is 11.4 Å². The number of anilines is 2. The van der Waals surface area contributed by atoms with Crippen molar-refractivity contribution in [2.75, 3.05) is 17.3 Å². The Morgan fingerprint density at radius 2 is 1.90 bits per heavy atom. The van der Waals surface area contributed by atoms with Crippen molar-refractivity contribution in [2.24, 2.45) is 11.6 Å². The number of carbonyl (C=O) groups is 1. The van der Waals surface area contributed by atoms with Gasteiger partial charge in [-0.3, -0.25) is 5.01 Å². The maximum absolute atomic E-state index is 11.9. The highest BCUT2D eigenvalue weighted by Crippen LogP contribution is 2.34. The fraction of sp³-hybridized carbons (Fsp3) is 0.250. The molecule has 0 unspecified atom stereocenters. The molecule has 0 aromatic heterocycles. The zero-order valence-corrected chi connectivity index (χ0v) is 14.3. The van der Waals surface area contributed by atoms with E-state index in [1.807, 2.05) is 0 Å². The number of hydrogen-bond acceptors (Lipinski definition) is 6. The van der Waals surface area contributed by atoms with Crippen molar-refractivity contribution in [1.82, 2.24) is 0 Å². The molecule has 0 aliphatic carbocycles. The fourth-order valence-electron chi connectivity index (χ4n) is 1.53. The molecule has 1 rings (SSSR count). The summed E-state index contributed by atoms with van der Waals surface area (Å²) in [6.45, 7) is 3.49. The first-order valence-electron chi connectivity index (χ1n) is 5.72. The fourth-order valence-corrected chi connectivity index (χ4v) is 2.22. The third kappa shape index (κ3) is 3.65. The molecule has 110 valence electrons. The first-order valence-corrected chi connectivity index (χ1v) is 7.31. The Morgan fingerprint density at radius 1 is 1.35 bits per heavy atom. The van der Waals surface area contributed by atoms with Crippen LogP contribution in [0, 0.1) is 0 Å². The molecule has 6 N–H and O–H groups in total. The third-order valence-corrected chi connectivity index (χ3v) is 4.26. The van der Waals surface area contributed by atoms with E-state index in [0.717, 1.165) is 14.0 Å². The van der Waals surface area contributed by atoms with Gasteiger partial charge in [0, 0.05) is 14.6 Å². The Kier molecular flexibility index (Phi) is 5.85. The van der Waals surface area contributed by atoms with Crippen LogP contribution in [0.25, 0.3) is 0 Å². The van der Waals surface area contributed by atoms with E-state index >= 15 is 0 Å². The maximum atomic E-state index is 11.9. The second kappa shape index (κ2) is 6.96. The summed E-state index contributed by atoms with van der Waals surface area (Å²) in [5.41, 5.74) is 12.8. The van der Waals surface area contributed by atoms with Gasteiger partial charge in [-0.05, 0) is 57.8 Å². The van der Waals surface area contributed by atoms with Crippen LogP contribution in [0.3, 0.4) is 0 Å². The minimum Gasteiger partial charge on any atom is -0.461 e. The van der Waals surface area contributed by atoms with Gasteiger partial charge in [0.1, 0.15) is 0 Å². The van der Waals surface area contributed by atoms with E-state index < -0.39 is 5.97 Å². The molecule has 0 saturated carbocycles. The number of hydrazine groups is 1. The number of halogens is 2.